The van der Waals surface area contributed by atoms with E-state index in [1.807, 2.05) is 24.3 Å². The molecule has 4 rings (SSSR count). The van der Waals surface area contributed by atoms with Gasteiger partial charge in [0.25, 0.3) is 5.91 Å². The van der Waals surface area contributed by atoms with Crippen molar-refractivity contribution in [3.05, 3.63) is 70.5 Å². The number of carbonyl (C=O) groups is 1. The predicted molar refractivity (Wildman–Crippen MR) is 101 cm³/mol. The first-order chi connectivity index (χ1) is 13.1. The average Bonchev–Trinajstić information content (AvgIpc) is 3.13. The number of para-hydroxylation sites is 1. The van der Waals surface area contributed by atoms with E-state index >= 15 is 0 Å². The number of imidazole rings is 1. The number of aryl methyl sites for hydroxylation is 1. The number of hydrogen-bond acceptors (Lipinski definition) is 4. The maximum Gasteiger partial charge on any atom is 0.257 e. The first-order valence-electron chi connectivity index (χ1n) is 8.92. The lowest BCUT2D eigenvalue weighted by atomic mass is 10.1. The Kier molecular flexibility index (Phi) is 4.41. The molecule has 138 valence electrons. The SMILES string of the molecule is Cc1cccc(C(=O)N2CCc3nc(-c4cccc(CO)c4)[nH]c3C2)c1O. The summed E-state index contributed by atoms with van der Waals surface area (Å²) in [6.45, 7) is 2.74. The number of rotatable bonds is 3. The number of aliphatic hydroxyl groups is 1. The van der Waals surface area contributed by atoms with Gasteiger partial charge in [0.1, 0.15) is 11.6 Å². The largest absolute Gasteiger partial charge is 0.507 e. The van der Waals surface area contributed by atoms with Crippen molar-refractivity contribution in [3.63, 3.8) is 0 Å². The minimum Gasteiger partial charge on any atom is -0.507 e. The van der Waals surface area contributed by atoms with Crippen molar-refractivity contribution in [2.75, 3.05) is 6.54 Å². The van der Waals surface area contributed by atoms with Gasteiger partial charge in [0.05, 0.1) is 30.1 Å². The highest BCUT2D eigenvalue weighted by molar-refractivity contribution is 5.97. The van der Waals surface area contributed by atoms with Crippen LogP contribution in [0.25, 0.3) is 11.4 Å². The zero-order valence-corrected chi connectivity index (χ0v) is 15.1. The fourth-order valence-corrected chi connectivity index (χ4v) is 3.42. The highest BCUT2D eigenvalue weighted by atomic mass is 16.3. The van der Waals surface area contributed by atoms with E-state index in [0.29, 0.717) is 30.6 Å². The normalized spacial score (nSPS) is 13.5. The Hall–Kier alpha value is -3.12. The van der Waals surface area contributed by atoms with Crippen LogP contribution in [0.4, 0.5) is 0 Å². The van der Waals surface area contributed by atoms with Crippen molar-refractivity contribution >= 4 is 5.91 Å². The number of carbonyl (C=O) groups excluding carboxylic acids is 1. The van der Waals surface area contributed by atoms with Gasteiger partial charge in [-0.3, -0.25) is 4.79 Å². The van der Waals surface area contributed by atoms with Crippen LogP contribution in [-0.4, -0.2) is 37.5 Å². The number of nitrogens with zero attached hydrogens (tertiary/aromatic N) is 2. The summed E-state index contributed by atoms with van der Waals surface area (Å²) in [7, 11) is 0. The molecule has 0 fully saturated rings. The number of aromatic amines is 1. The van der Waals surface area contributed by atoms with Crippen LogP contribution in [0.2, 0.25) is 0 Å². The molecule has 2 aromatic carbocycles. The molecule has 0 saturated carbocycles. The molecule has 0 saturated heterocycles. The van der Waals surface area contributed by atoms with Crippen LogP contribution in [0.1, 0.15) is 32.9 Å². The summed E-state index contributed by atoms with van der Waals surface area (Å²) in [4.78, 5) is 22.6. The molecular formula is C21H21N3O3. The van der Waals surface area contributed by atoms with E-state index in [1.165, 1.54) is 0 Å². The Morgan fingerprint density at radius 1 is 1.26 bits per heavy atom. The highest BCUT2D eigenvalue weighted by Gasteiger charge is 2.26. The summed E-state index contributed by atoms with van der Waals surface area (Å²) < 4.78 is 0. The fourth-order valence-electron chi connectivity index (χ4n) is 3.42. The molecule has 1 aliphatic rings. The molecule has 0 unspecified atom stereocenters. The van der Waals surface area contributed by atoms with Gasteiger partial charge in [-0.1, -0.05) is 30.3 Å². The quantitative estimate of drug-likeness (QED) is 0.667. The lowest BCUT2D eigenvalue weighted by Gasteiger charge is -2.26. The van der Waals surface area contributed by atoms with Gasteiger partial charge in [-0.25, -0.2) is 4.98 Å². The summed E-state index contributed by atoms with van der Waals surface area (Å²) in [6.07, 6.45) is 0.657. The third-order valence-corrected chi connectivity index (χ3v) is 4.97. The Balaban J connectivity index is 1.59. The number of amides is 1. The Labute approximate surface area is 157 Å². The lowest BCUT2D eigenvalue weighted by molar-refractivity contribution is 0.0728. The van der Waals surface area contributed by atoms with E-state index in [4.69, 9.17) is 0 Å². The number of phenolic OH excluding ortho intramolecular Hbond substituents is 1. The number of phenols is 1. The molecule has 0 radical (unpaired) electrons. The second kappa shape index (κ2) is 6.89. The highest BCUT2D eigenvalue weighted by Crippen LogP contribution is 2.27. The number of fused-ring (bicyclic) bond motifs is 1. The van der Waals surface area contributed by atoms with Crippen LogP contribution >= 0.6 is 0 Å². The minimum absolute atomic E-state index is 0.0173. The Morgan fingerprint density at radius 2 is 2.07 bits per heavy atom. The molecule has 0 atom stereocenters. The standard InChI is InChI=1S/C21H21N3O3/c1-13-4-2-7-16(19(13)26)21(27)24-9-8-17-18(11-24)23-20(22-17)15-6-3-5-14(10-15)12-25/h2-7,10,25-26H,8-9,11-12H2,1H3,(H,22,23). The van der Waals surface area contributed by atoms with Crippen molar-refractivity contribution in [2.24, 2.45) is 0 Å². The van der Waals surface area contributed by atoms with E-state index in [9.17, 15) is 15.0 Å². The Bertz CT molecular complexity index is 1010. The third-order valence-electron chi connectivity index (χ3n) is 4.97. The molecule has 0 spiro atoms. The number of hydrogen-bond donors (Lipinski definition) is 3. The monoisotopic (exact) mass is 363 g/mol. The summed E-state index contributed by atoms with van der Waals surface area (Å²) >= 11 is 0. The van der Waals surface area contributed by atoms with Crippen LogP contribution in [0.15, 0.2) is 42.5 Å². The van der Waals surface area contributed by atoms with Gasteiger partial charge >= 0.3 is 0 Å². The summed E-state index contributed by atoms with van der Waals surface area (Å²) in [5, 5.41) is 19.5. The molecule has 1 aromatic heterocycles. The number of aliphatic hydroxyl groups excluding tert-OH is 1. The van der Waals surface area contributed by atoms with Gasteiger partial charge in [-0.05, 0) is 30.2 Å². The average molecular weight is 363 g/mol. The minimum atomic E-state index is -0.180. The third kappa shape index (κ3) is 3.19. The zero-order chi connectivity index (χ0) is 19.0. The second-order valence-corrected chi connectivity index (χ2v) is 6.82. The van der Waals surface area contributed by atoms with Crippen molar-refractivity contribution in [1.29, 1.82) is 0 Å². The number of aromatic hydroxyl groups is 1. The van der Waals surface area contributed by atoms with Gasteiger partial charge in [0.15, 0.2) is 0 Å². The van der Waals surface area contributed by atoms with Crippen LogP contribution in [0.5, 0.6) is 5.75 Å². The zero-order valence-electron chi connectivity index (χ0n) is 15.1. The van der Waals surface area contributed by atoms with Gasteiger partial charge in [-0.2, -0.15) is 0 Å². The van der Waals surface area contributed by atoms with Crippen LogP contribution < -0.4 is 0 Å². The van der Waals surface area contributed by atoms with Gasteiger partial charge in [0, 0.05) is 18.5 Å². The summed E-state index contributed by atoms with van der Waals surface area (Å²) in [6, 6.07) is 12.8. The predicted octanol–water partition coefficient (Wildman–Crippen LogP) is 2.78. The van der Waals surface area contributed by atoms with E-state index in [-0.39, 0.29) is 18.3 Å². The summed E-state index contributed by atoms with van der Waals surface area (Å²) in [5.41, 5.74) is 4.61. The van der Waals surface area contributed by atoms with Gasteiger partial charge < -0.3 is 20.1 Å². The molecule has 3 aromatic rings. The maximum atomic E-state index is 12.8. The number of benzene rings is 2. The molecular weight excluding hydrogens is 342 g/mol. The molecule has 3 N–H and O–H groups in total. The molecule has 1 amide bonds. The van der Waals surface area contributed by atoms with Crippen LogP contribution in [0.3, 0.4) is 0 Å². The smallest absolute Gasteiger partial charge is 0.257 e. The first kappa shape index (κ1) is 17.3. The van der Waals surface area contributed by atoms with Crippen molar-refractivity contribution in [3.8, 4) is 17.1 Å². The molecule has 0 aliphatic carbocycles. The molecule has 27 heavy (non-hydrogen) atoms. The lowest BCUT2D eigenvalue weighted by Crippen LogP contribution is -2.36. The number of H-pyrrole nitrogens is 1. The van der Waals surface area contributed by atoms with Gasteiger partial charge in [0.2, 0.25) is 0 Å². The molecule has 0 bridgehead atoms. The second-order valence-electron chi connectivity index (χ2n) is 6.82. The van der Waals surface area contributed by atoms with E-state index in [1.54, 1.807) is 30.0 Å². The van der Waals surface area contributed by atoms with Crippen molar-refractivity contribution < 1.29 is 15.0 Å². The van der Waals surface area contributed by atoms with E-state index in [0.717, 1.165) is 28.3 Å². The van der Waals surface area contributed by atoms with Gasteiger partial charge in [-0.15, -0.1) is 0 Å². The molecule has 1 aliphatic heterocycles. The van der Waals surface area contributed by atoms with Crippen molar-refractivity contribution in [1.82, 2.24) is 14.9 Å². The number of aromatic nitrogens is 2. The molecule has 6 heteroatoms. The first-order valence-corrected chi connectivity index (χ1v) is 8.92. The number of nitrogens with one attached hydrogen (secondary N) is 1. The molecule has 6 nitrogen and oxygen atoms in total. The topological polar surface area (TPSA) is 89.5 Å². The fraction of sp³-hybridized carbons (Fsp3) is 0.238. The molecule has 2 heterocycles. The summed E-state index contributed by atoms with van der Waals surface area (Å²) in [5.74, 6) is 0.600. The Morgan fingerprint density at radius 3 is 2.89 bits per heavy atom. The van der Waals surface area contributed by atoms with E-state index in [2.05, 4.69) is 9.97 Å². The van der Waals surface area contributed by atoms with E-state index < -0.39 is 0 Å². The van der Waals surface area contributed by atoms with Crippen molar-refractivity contribution in [2.45, 2.75) is 26.5 Å². The van der Waals surface area contributed by atoms with Crippen LogP contribution in [0, 0.1) is 6.92 Å². The maximum absolute atomic E-state index is 12.8. The van der Waals surface area contributed by atoms with Crippen LogP contribution in [-0.2, 0) is 19.6 Å².